The highest BCUT2D eigenvalue weighted by molar-refractivity contribution is 5.94. The lowest BCUT2D eigenvalue weighted by Crippen LogP contribution is -2.56. The average molecular weight is 517 g/mol. The molecule has 38 heavy (non-hydrogen) atoms. The van der Waals surface area contributed by atoms with Gasteiger partial charge in [-0.1, -0.05) is 42.5 Å². The van der Waals surface area contributed by atoms with Crippen LogP contribution in [-0.2, 0) is 11.3 Å². The fourth-order valence-electron chi connectivity index (χ4n) is 5.23. The van der Waals surface area contributed by atoms with Crippen LogP contribution in [0.15, 0.2) is 72.8 Å². The molecule has 0 aliphatic carbocycles. The second-order valence-corrected chi connectivity index (χ2v) is 10.0. The molecule has 200 valence electrons. The summed E-state index contributed by atoms with van der Waals surface area (Å²) in [5.74, 6) is 0.372. The minimum Gasteiger partial charge on any atom is -0.497 e. The number of ketones is 1. The van der Waals surface area contributed by atoms with Crippen LogP contribution in [-0.4, -0.2) is 65.5 Å². The SMILES string of the molecule is COc1cccc(CN2C[C@H](C)N([C@@H](c3cccc(OCC(=O)O)c3)c3cccc(C(C)=O)c3)C[C@H]2C)c1. The Labute approximate surface area is 224 Å². The molecule has 7 nitrogen and oxygen atoms in total. The van der Waals surface area contributed by atoms with E-state index in [0.717, 1.165) is 36.5 Å². The third-order valence-electron chi connectivity index (χ3n) is 7.16. The van der Waals surface area contributed by atoms with Gasteiger partial charge in [0.1, 0.15) is 11.5 Å². The Balaban J connectivity index is 1.65. The van der Waals surface area contributed by atoms with E-state index in [-0.39, 0.29) is 23.9 Å². The van der Waals surface area contributed by atoms with Crippen molar-refractivity contribution in [3.05, 3.63) is 95.1 Å². The number of carbonyl (C=O) groups is 2. The number of piperazine rings is 1. The van der Waals surface area contributed by atoms with E-state index in [4.69, 9.17) is 14.6 Å². The van der Waals surface area contributed by atoms with E-state index in [0.29, 0.717) is 11.3 Å². The number of hydrogen-bond acceptors (Lipinski definition) is 6. The highest BCUT2D eigenvalue weighted by Crippen LogP contribution is 2.35. The lowest BCUT2D eigenvalue weighted by molar-refractivity contribution is -0.139. The number of nitrogens with zero attached hydrogens (tertiary/aromatic N) is 2. The smallest absolute Gasteiger partial charge is 0.341 e. The lowest BCUT2D eigenvalue weighted by Gasteiger charge is -2.47. The van der Waals surface area contributed by atoms with Crippen LogP contribution in [0.1, 0.15) is 53.9 Å². The highest BCUT2D eigenvalue weighted by Gasteiger charge is 2.35. The van der Waals surface area contributed by atoms with Crippen LogP contribution < -0.4 is 9.47 Å². The minimum atomic E-state index is -1.02. The molecule has 1 heterocycles. The molecule has 0 bridgehead atoms. The molecule has 0 radical (unpaired) electrons. The van der Waals surface area contributed by atoms with Gasteiger partial charge in [0.15, 0.2) is 12.4 Å². The van der Waals surface area contributed by atoms with Crippen molar-refractivity contribution in [2.45, 2.75) is 45.4 Å². The van der Waals surface area contributed by atoms with Gasteiger partial charge in [0.25, 0.3) is 0 Å². The van der Waals surface area contributed by atoms with Crippen LogP contribution in [0, 0.1) is 0 Å². The van der Waals surface area contributed by atoms with Crippen LogP contribution in [0.3, 0.4) is 0 Å². The van der Waals surface area contributed by atoms with Crippen molar-refractivity contribution in [2.24, 2.45) is 0 Å². The molecule has 1 saturated heterocycles. The molecule has 3 aromatic rings. The molecule has 0 amide bonds. The predicted octanol–water partition coefficient (Wildman–Crippen LogP) is 5.05. The number of aliphatic carboxylic acids is 1. The molecule has 0 unspecified atom stereocenters. The van der Waals surface area contributed by atoms with E-state index in [2.05, 4.69) is 41.8 Å². The molecule has 0 saturated carbocycles. The summed E-state index contributed by atoms with van der Waals surface area (Å²) in [7, 11) is 1.69. The topological polar surface area (TPSA) is 79.3 Å². The number of benzene rings is 3. The summed E-state index contributed by atoms with van der Waals surface area (Å²) in [6.07, 6.45) is 0. The number of methoxy groups -OCH3 is 1. The van der Waals surface area contributed by atoms with Gasteiger partial charge in [-0.25, -0.2) is 4.79 Å². The average Bonchev–Trinajstić information content (AvgIpc) is 2.91. The van der Waals surface area contributed by atoms with Crippen LogP contribution in [0.25, 0.3) is 0 Å². The Morgan fingerprint density at radius 2 is 1.61 bits per heavy atom. The standard InChI is InChI=1S/C31H36N2O5/c1-21-18-33(22(2)17-32(21)19-24-8-5-12-28(14-24)37-4)31(26-10-6-9-25(15-26)23(3)34)27-11-7-13-29(16-27)38-20-30(35)36/h5-16,21-22,31H,17-20H2,1-4H3,(H,35,36)/t21-,22+,31-/m1/s1. The molecular formula is C31H36N2O5. The first kappa shape index (κ1) is 27.4. The van der Waals surface area contributed by atoms with E-state index >= 15 is 0 Å². The van der Waals surface area contributed by atoms with E-state index in [1.165, 1.54) is 5.56 Å². The van der Waals surface area contributed by atoms with Crippen LogP contribution >= 0.6 is 0 Å². The normalized spacial score (nSPS) is 19.1. The first-order chi connectivity index (χ1) is 18.2. The zero-order chi connectivity index (χ0) is 27.2. The van der Waals surface area contributed by atoms with E-state index in [1.54, 1.807) is 20.1 Å². The van der Waals surface area contributed by atoms with E-state index < -0.39 is 12.6 Å². The maximum Gasteiger partial charge on any atom is 0.341 e. The van der Waals surface area contributed by atoms with Crippen molar-refractivity contribution < 1.29 is 24.2 Å². The number of hydrogen-bond donors (Lipinski definition) is 1. The third kappa shape index (κ3) is 6.60. The highest BCUT2D eigenvalue weighted by atomic mass is 16.5. The number of carbonyl (C=O) groups excluding carboxylic acids is 1. The van der Waals surface area contributed by atoms with Crippen molar-refractivity contribution in [2.75, 3.05) is 26.8 Å². The Kier molecular flexibility index (Phi) is 8.81. The zero-order valence-electron chi connectivity index (χ0n) is 22.5. The third-order valence-corrected chi connectivity index (χ3v) is 7.16. The number of rotatable bonds is 10. The summed E-state index contributed by atoms with van der Waals surface area (Å²) in [6.45, 7) is 8.18. The fraction of sp³-hybridized carbons (Fsp3) is 0.355. The van der Waals surface area contributed by atoms with Gasteiger partial charge in [-0.05, 0) is 67.8 Å². The van der Waals surface area contributed by atoms with Crippen LogP contribution in [0.5, 0.6) is 11.5 Å². The molecule has 1 N–H and O–H groups in total. The molecule has 0 spiro atoms. The van der Waals surface area contributed by atoms with Crippen molar-refractivity contribution in [1.82, 2.24) is 9.80 Å². The molecular weight excluding hydrogens is 480 g/mol. The second kappa shape index (κ2) is 12.2. The Hall–Kier alpha value is -3.68. The quantitative estimate of drug-likeness (QED) is 0.378. The van der Waals surface area contributed by atoms with Crippen LogP contribution in [0.2, 0.25) is 0 Å². The molecule has 3 aromatic carbocycles. The zero-order valence-corrected chi connectivity index (χ0v) is 22.5. The summed E-state index contributed by atoms with van der Waals surface area (Å²) in [5, 5.41) is 9.06. The van der Waals surface area contributed by atoms with Gasteiger partial charge in [0.2, 0.25) is 0 Å². The van der Waals surface area contributed by atoms with Gasteiger partial charge in [-0.15, -0.1) is 0 Å². The van der Waals surface area contributed by atoms with Gasteiger partial charge in [-0.3, -0.25) is 14.6 Å². The molecule has 1 fully saturated rings. The van der Waals surface area contributed by atoms with E-state index in [1.807, 2.05) is 48.5 Å². The van der Waals surface area contributed by atoms with Gasteiger partial charge in [0, 0.05) is 37.3 Å². The molecule has 1 aliphatic rings. The summed E-state index contributed by atoms with van der Waals surface area (Å²) < 4.78 is 10.9. The van der Waals surface area contributed by atoms with Crippen molar-refractivity contribution >= 4 is 11.8 Å². The molecule has 4 rings (SSSR count). The largest absolute Gasteiger partial charge is 0.497 e. The molecule has 3 atom stereocenters. The second-order valence-electron chi connectivity index (χ2n) is 10.0. The minimum absolute atomic E-state index is 0.0219. The first-order valence-corrected chi connectivity index (χ1v) is 12.9. The Morgan fingerprint density at radius 3 is 2.32 bits per heavy atom. The van der Waals surface area contributed by atoms with Gasteiger partial charge in [0.05, 0.1) is 13.2 Å². The Morgan fingerprint density at radius 1 is 0.921 bits per heavy atom. The molecule has 7 heteroatoms. The van der Waals surface area contributed by atoms with Gasteiger partial charge in [-0.2, -0.15) is 0 Å². The summed E-state index contributed by atoms with van der Waals surface area (Å²) >= 11 is 0. The number of carboxylic acids is 1. The summed E-state index contributed by atoms with van der Waals surface area (Å²) in [6, 6.07) is 24.0. The van der Waals surface area contributed by atoms with Crippen molar-refractivity contribution in [3.8, 4) is 11.5 Å². The van der Waals surface area contributed by atoms with E-state index in [9.17, 15) is 9.59 Å². The summed E-state index contributed by atoms with van der Waals surface area (Å²) in [5.41, 5.74) is 3.90. The molecule has 1 aliphatic heterocycles. The number of carboxylic acid groups (broad SMARTS) is 1. The summed E-state index contributed by atoms with van der Waals surface area (Å²) in [4.78, 5) is 28.2. The monoisotopic (exact) mass is 516 g/mol. The van der Waals surface area contributed by atoms with Crippen molar-refractivity contribution in [1.29, 1.82) is 0 Å². The number of Topliss-reactive ketones (excluding diaryl/α,β-unsaturated/α-hetero) is 1. The van der Waals surface area contributed by atoms with Crippen molar-refractivity contribution in [3.63, 3.8) is 0 Å². The first-order valence-electron chi connectivity index (χ1n) is 12.9. The predicted molar refractivity (Wildman–Crippen MR) is 147 cm³/mol. The number of ether oxygens (including phenoxy) is 2. The fourth-order valence-corrected chi connectivity index (χ4v) is 5.23. The lowest BCUT2D eigenvalue weighted by atomic mass is 9.92. The van der Waals surface area contributed by atoms with Gasteiger partial charge < -0.3 is 14.6 Å². The maximum absolute atomic E-state index is 12.2. The maximum atomic E-state index is 12.2. The van der Waals surface area contributed by atoms with Gasteiger partial charge >= 0.3 is 5.97 Å². The Bertz CT molecular complexity index is 1280. The van der Waals surface area contributed by atoms with Crippen LogP contribution in [0.4, 0.5) is 0 Å². The molecule has 0 aromatic heterocycles.